The summed E-state index contributed by atoms with van der Waals surface area (Å²) in [6.45, 7) is 48.0. The monoisotopic (exact) mass is 678 g/mol. The molecule has 0 saturated carbocycles. The largest absolute Gasteiger partial charge is 0.639 e. The Bertz CT molecular complexity index is 792. The molecule has 0 amide bonds. The fourth-order valence-corrected chi connectivity index (χ4v) is 36.5. The van der Waals surface area contributed by atoms with Crippen LogP contribution in [0, 0.1) is 0 Å². The molecule has 0 atom stereocenters. The third-order valence-electron chi connectivity index (χ3n) is 8.94. The van der Waals surface area contributed by atoms with Crippen molar-refractivity contribution in [3.8, 4) is 0 Å². The summed E-state index contributed by atoms with van der Waals surface area (Å²) in [6, 6.07) is 0. The summed E-state index contributed by atoms with van der Waals surface area (Å²) in [5, 5.41) is 0. The first-order chi connectivity index (χ1) is 18.7. The third-order valence-corrected chi connectivity index (χ3v) is 34.0. The lowest BCUT2D eigenvalue weighted by Gasteiger charge is -2.54. The zero-order valence-corrected chi connectivity index (χ0v) is 36.3. The maximum absolute atomic E-state index is 13.3. The fourth-order valence-electron chi connectivity index (χ4n) is 7.23. The molecule has 0 aliphatic rings. The van der Waals surface area contributed by atoms with Gasteiger partial charge < -0.3 is 20.9 Å². The summed E-state index contributed by atoms with van der Waals surface area (Å²) in [5.41, 5.74) is 2.00. The first-order valence-corrected chi connectivity index (χ1v) is 27.7. The van der Waals surface area contributed by atoms with Crippen LogP contribution in [0.2, 0.25) is 64.0 Å². The van der Waals surface area contributed by atoms with Gasteiger partial charge in [-0.25, -0.2) is 4.79 Å². The van der Waals surface area contributed by atoms with Crippen molar-refractivity contribution in [3.05, 3.63) is 12.2 Å². The minimum atomic E-state index is -4.00. The van der Waals surface area contributed by atoms with E-state index in [9.17, 15) is 4.79 Å². The van der Waals surface area contributed by atoms with Gasteiger partial charge in [-0.3, -0.25) is 0 Å². The molecule has 11 heteroatoms. The van der Waals surface area contributed by atoms with Crippen molar-refractivity contribution in [1.82, 2.24) is 0 Å². The summed E-state index contributed by atoms with van der Waals surface area (Å²) >= 11 is 0. The molecule has 6 nitrogen and oxygen atoms in total. The number of carbonyl (C=O) groups excluding carboxylic acids is 1. The van der Waals surface area contributed by atoms with Gasteiger partial charge in [-0.2, -0.15) is 0 Å². The lowest BCUT2D eigenvalue weighted by atomic mass is 10.4. The van der Waals surface area contributed by atoms with E-state index in [0.717, 1.165) is 0 Å². The topological polar surface area (TPSA) is 63.2 Å². The molecule has 0 radical (unpaired) electrons. The molecule has 42 heavy (non-hydrogen) atoms. The minimum Gasteiger partial charge on any atom is -0.491 e. The fraction of sp³-hybridized carbons (Fsp3) is 0.903. The van der Waals surface area contributed by atoms with Gasteiger partial charge in [0.25, 0.3) is 0 Å². The van der Waals surface area contributed by atoms with E-state index in [1.165, 1.54) is 0 Å². The Hall–Kier alpha value is 0.134. The highest BCUT2D eigenvalue weighted by Crippen LogP contribution is 2.51. The number of carbonyl (C=O) groups is 1. The zero-order chi connectivity index (χ0) is 33.8. The first-order valence-electron chi connectivity index (χ1n) is 16.4. The van der Waals surface area contributed by atoms with Crippen molar-refractivity contribution < 1.29 is 25.7 Å². The normalized spacial score (nSPS) is 14.6. The summed E-state index contributed by atoms with van der Waals surface area (Å²) in [7, 11) is -14.9. The standard InChI is InChI=1S/C31H70O6Si5/c1-22(2)31(32)33-41(29(15)16,30(17)18)37-42(34-38(19,20)21,35-39(23(3)4,24(5)6)25(7)8)36-40(26(9)10,27(11)12)28(13)14/h23-30H,1H2,2-21H3. The van der Waals surface area contributed by atoms with Crippen LogP contribution >= 0.6 is 0 Å². The third kappa shape index (κ3) is 9.34. The van der Waals surface area contributed by atoms with Crippen molar-refractivity contribution in [1.29, 1.82) is 0 Å². The van der Waals surface area contributed by atoms with Crippen molar-refractivity contribution in [2.75, 3.05) is 0 Å². The second-order valence-corrected chi connectivity index (χ2v) is 38.6. The van der Waals surface area contributed by atoms with Gasteiger partial charge >= 0.3 is 23.6 Å². The predicted octanol–water partition coefficient (Wildman–Crippen LogP) is 11.1. The Labute approximate surface area is 267 Å². The van der Waals surface area contributed by atoms with Crippen LogP contribution < -0.4 is 0 Å². The molecule has 0 aromatic carbocycles. The van der Waals surface area contributed by atoms with Crippen LogP contribution in [0.15, 0.2) is 12.2 Å². The zero-order valence-electron chi connectivity index (χ0n) is 31.3. The molecule has 0 heterocycles. The van der Waals surface area contributed by atoms with Crippen molar-refractivity contribution in [3.63, 3.8) is 0 Å². The van der Waals surface area contributed by atoms with E-state index in [-0.39, 0.29) is 11.1 Å². The van der Waals surface area contributed by atoms with Crippen LogP contribution in [0.4, 0.5) is 0 Å². The average molecular weight is 679 g/mol. The maximum atomic E-state index is 13.3. The van der Waals surface area contributed by atoms with Gasteiger partial charge in [0.05, 0.1) is 0 Å². The minimum absolute atomic E-state index is 0.0634. The SMILES string of the molecule is C=C(C)C(=O)O[Si](O[Si](O[Si](C)(C)C)(O[Si](C(C)C)(C(C)C)C(C)C)O[Si](C(C)C)(C(C)C)C(C)C)(C(C)C)C(C)C. The Kier molecular flexibility index (Phi) is 15.7. The molecule has 0 aromatic rings. The molecule has 0 N–H and O–H groups in total. The summed E-state index contributed by atoms with van der Waals surface area (Å²) < 4.78 is 37.0. The number of hydrogen-bond acceptors (Lipinski definition) is 6. The van der Waals surface area contributed by atoms with E-state index in [1.54, 1.807) is 6.92 Å². The number of hydrogen-bond donors (Lipinski definition) is 0. The van der Waals surface area contributed by atoms with Gasteiger partial charge in [0, 0.05) is 16.7 Å². The van der Waals surface area contributed by atoms with Gasteiger partial charge in [0.15, 0.2) is 25.0 Å². The van der Waals surface area contributed by atoms with Crippen molar-refractivity contribution in [2.45, 2.75) is 182 Å². The number of rotatable bonds is 18. The van der Waals surface area contributed by atoms with Gasteiger partial charge in [-0.05, 0) is 59.8 Å². The van der Waals surface area contributed by atoms with E-state index >= 15 is 0 Å². The van der Waals surface area contributed by atoms with Crippen LogP contribution in [0.5, 0.6) is 0 Å². The molecular weight excluding hydrogens is 609 g/mol. The molecule has 250 valence electrons. The summed E-state index contributed by atoms with van der Waals surface area (Å²) in [4.78, 5) is 13.3. The van der Waals surface area contributed by atoms with Gasteiger partial charge in [0.1, 0.15) is 0 Å². The van der Waals surface area contributed by atoms with Gasteiger partial charge in [-0.1, -0.05) is 117 Å². The summed E-state index contributed by atoms with van der Waals surface area (Å²) in [6.07, 6.45) is 0. The Morgan fingerprint density at radius 2 is 0.786 bits per heavy atom. The Morgan fingerprint density at radius 3 is 0.976 bits per heavy atom. The van der Waals surface area contributed by atoms with Crippen molar-refractivity contribution in [2.24, 2.45) is 0 Å². The molecule has 0 unspecified atom stereocenters. The van der Waals surface area contributed by atoms with Gasteiger partial charge in [-0.15, -0.1) is 0 Å². The molecule has 0 aliphatic heterocycles. The van der Waals surface area contributed by atoms with E-state index in [2.05, 4.69) is 137 Å². The van der Waals surface area contributed by atoms with E-state index in [0.29, 0.717) is 38.8 Å². The maximum Gasteiger partial charge on any atom is 0.639 e. The van der Waals surface area contributed by atoms with E-state index < -0.39 is 48.5 Å². The second-order valence-electron chi connectivity index (χ2n) is 15.9. The van der Waals surface area contributed by atoms with E-state index in [1.807, 2.05) is 0 Å². The Morgan fingerprint density at radius 1 is 0.500 bits per heavy atom. The highest BCUT2D eigenvalue weighted by molar-refractivity contribution is 6.94. The van der Waals surface area contributed by atoms with Crippen LogP contribution in [-0.2, 0) is 25.7 Å². The molecule has 0 fully saturated rings. The van der Waals surface area contributed by atoms with Crippen LogP contribution in [0.1, 0.15) is 118 Å². The molecular formula is C31H70O6Si5. The quantitative estimate of drug-likeness (QED) is 0.106. The average Bonchev–Trinajstić information content (AvgIpc) is 2.77. The highest BCUT2D eigenvalue weighted by Gasteiger charge is 2.67. The van der Waals surface area contributed by atoms with Crippen molar-refractivity contribution >= 4 is 48.5 Å². The lowest BCUT2D eigenvalue weighted by molar-refractivity contribution is -0.132. The summed E-state index contributed by atoms with van der Waals surface area (Å²) in [5.74, 6) is -0.417. The molecule has 0 spiro atoms. The molecule has 0 saturated heterocycles. The molecule has 0 aliphatic carbocycles. The first kappa shape index (κ1) is 42.1. The van der Waals surface area contributed by atoms with Crippen LogP contribution in [-0.4, -0.2) is 48.5 Å². The molecule has 0 aromatic heterocycles. The second kappa shape index (κ2) is 15.6. The van der Waals surface area contributed by atoms with E-state index in [4.69, 9.17) is 20.9 Å². The van der Waals surface area contributed by atoms with Crippen LogP contribution in [0.3, 0.4) is 0 Å². The lowest BCUT2D eigenvalue weighted by Crippen LogP contribution is -2.72. The predicted molar refractivity (Wildman–Crippen MR) is 192 cm³/mol. The Balaban J connectivity index is 8.23. The molecule has 0 rings (SSSR count). The molecule has 0 bridgehead atoms. The smallest absolute Gasteiger partial charge is 0.491 e. The highest BCUT2D eigenvalue weighted by atomic mass is 28.5. The van der Waals surface area contributed by atoms with Gasteiger partial charge in [0.2, 0.25) is 0 Å². The van der Waals surface area contributed by atoms with Crippen LogP contribution in [0.25, 0.3) is 0 Å².